The highest BCUT2D eigenvalue weighted by molar-refractivity contribution is 7.11. The number of likely N-dealkylation sites (N-methyl/N-ethyl adjacent to an activating group) is 1. The maximum Gasteiger partial charge on any atom is 0.212 e. The standard InChI is InChI=1S/C16H21N3OS/c1-17-10-12-4-3-5-13-16(12)19-15(21-13)8-11-6-7-14(20-2)18-9-11/h6-7,9,12,17H,3-5,8,10H2,1-2H3. The van der Waals surface area contributed by atoms with Gasteiger partial charge < -0.3 is 10.1 Å². The number of hydrogen-bond acceptors (Lipinski definition) is 5. The second-order valence-corrected chi connectivity index (χ2v) is 6.62. The number of methoxy groups -OCH3 is 1. The van der Waals surface area contributed by atoms with Crippen molar-refractivity contribution in [3.63, 3.8) is 0 Å². The SMILES string of the molecule is CNCC1CCCc2sc(Cc3ccc(OC)nc3)nc21. The molecular weight excluding hydrogens is 282 g/mol. The zero-order valence-electron chi connectivity index (χ0n) is 12.6. The van der Waals surface area contributed by atoms with Crippen LogP contribution in [0.3, 0.4) is 0 Å². The molecule has 4 nitrogen and oxygen atoms in total. The summed E-state index contributed by atoms with van der Waals surface area (Å²) in [5.41, 5.74) is 2.52. The molecule has 0 aliphatic heterocycles. The third kappa shape index (κ3) is 3.24. The highest BCUT2D eigenvalue weighted by atomic mass is 32.1. The Kier molecular flexibility index (Phi) is 4.51. The molecule has 112 valence electrons. The molecule has 3 rings (SSSR count). The molecule has 2 heterocycles. The van der Waals surface area contributed by atoms with Crippen molar-refractivity contribution < 1.29 is 4.74 Å². The minimum atomic E-state index is 0.581. The second-order valence-electron chi connectivity index (χ2n) is 5.45. The van der Waals surface area contributed by atoms with Crippen LogP contribution in [-0.4, -0.2) is 30.7 Å². The van der Waals surface area contributed by atoms with E-state index in [1.54, 1.807) is 7.11 Å². The molecule has 1 aliphatic rings. The minimum Gasteiger partial charge on any atom is -0.481 e. The molecule has 0 amide bonds. The Hall–Kier alpha value is -1.46. The van der Waals surface area contributed by atoms with Gasteiger partial charge in [0.2, 0.25) is 5.88 Å². The monoisotopic (exact) mass is 303 g/mol. The summed E-state index contributed by atoms with van der Waals surface area (Å²) in [5.74, 6) is 1.24. The van der Waals surface area contributed by atoms with Gasteiger partial charge in [-0.3, -0.25) is 0 Å². The molecule has 5 heteroatoms. The van der Waals surface area contributed by atoms with Crippen LogP contribution in [0.5, 0.6) is 5.88 Å². The summed E-state index contributed by atoms with van der Waals surface area (Å²) >= 11 is 1.87. The van der Waals surface area contributed by atoms with E-state index in [4.69, 9.17) is 9.72 Å². The van der Waals surface area contributed by atoms with Crippen molar-refractivity contribution in [2.75, 3.05) is 20.7 Å². The zero-order valence-corrected chi connectivity index (χ0v) is 13.4. The van der Waals surface area contributed by atoms with Crippen molar-refractivity contribution >= 4 is 11.3 Å². The van der Waals surface area contributed by atoms with Gasteiger partial charge in [0, 0.05) is 36.0 Å². The Bertz CT molecular complexity index is 594. The highest BCUT2D eigenvalue weighted by Gasteiger charge is 2.24. The van der Waals surface area contributed by atoms with Crippen LogP contribution in [0.1, 0.15) is 39.9 Å². The number of nitrogens with one attached hydrogen (secondary N) is 1. The van der Waals surface area contributed by atoms with Crippen LogP contribution in [0.4, 0.5) is 0 Å². The van der Waals surface area contributed by atoms with Crippen molar-refractivity contribution in [2.45, 2.75) is 31.6 Å². The normalized spacial score (nSPS) is 17.5. The van der Waals surface area contributed by atoms with Gasteiger partial charge >= 0.3 is 0 Å². The van der Waals surface area contributed by atoms with Gasteiger partial charge in [-0.25, -0.2) is 9.97 Å². The lowest BCUT2D eigenvalue weighted by molar-refractivity contribution is 0.397. The Morgan fingerprint density at radius 1 is 1.43 bits per heavy atom. The van der Waals surface area contributed by atoms with Crippen LogP contribution in [0.15, 0.2) is 18.3 Å². The summed E-state index contributed by atoms with van der Waals surface area (Å²) < 4.78 is 5.10. The first-order chi connectivity index (χ1) is 10.3. The van der Waals surface area contributed by atoms with Crippen LogP contribution in [-0.2, 0) is 12.8 Å². The number of ether oxygens (including phenoxy) is 1. The largest absolute Gasteiger partial charge is 0.481 e. The van der Waals surface area contributed by atoms with E-state index in [2.05, 4.69) is 16.4 Å². The van der Waals surface area contributed by atoms with Crippen molar-refractivity contribution in [1.29, 1.82) is 0 Å². The van der Waals surface area contributed by atoms with E-state index in [9.17, 15) is 0 Å². The Morgan fingerprint density at radius 3 is 3.05 bits per heavy atom. The van der Waals surface area contributed by atoms with Gasteiger partial charge in [0.25, 0.3) is 0 Å². The Labute approximate surface area is 129 Å². The fourth-order valence-electron chi connectivity index (χ4n) is 2.89. The van der Waals surface area contributed by atoms with Gasteiger partial charge in [0.05, 0.1) is 17.8 Å². The van der Waals surface area contributed by atoms with Crippen LogP contribution in [0, 0.1) is 0 Å². The summed E-state index contributed by atoms with van der Waals surface area (Å²) in [6, 6.07) is 3.98. The summed E-state index contributed by atoms with van der Waals surface area (Å²) in [5, 5.41) is 4.49. The minimum absolute atomic E-state index is 0.581. The first kappa shape index (κ1) is 14.5. The second kappa shape index (κ2) is 6.54. The molecule has 0 fully saturated rings. The van der Waals surface area contributed by atoms with Crippen molar-refractivity contribution in [3.05, 3.63) is 39.5 Å². The first-order valence-corrected chi connectivity index (χ1v) is 8.23. The number of aryl methyl sites for hydroxylation is 1. The van der Waals surface area contributed by atoms with E-state index < -0.39 is 0 Å². The number of fused-ring (bicyclic) bond motifs is 1. The third-order valence-electron chi connectivity index (χ3n) is 3.93. The molecule has 1 N–H and O–H groups in total. The molecule has 0 radical (unpaired) electrons. The van der Waals surface area contributed by atoms with Crippen molar-refractivity contribution in [3.8, 4) is 5.88 Å². The fraction of sp³-hybridized carbons (Fsp3) is 0.500. The lowest BCUT2D eigenvalue weighted by Crippen LogP contribution is -2.21. The van der Waals surface area contributed by atoms with Gasteiger partial charge in [0.15, 0.2) is 0 Å². The average molecular weight is 303 g/mol. The maximum atomic E-state index is 5.10. The molecule has 1 aliphatic carbocycles. The average Bonchev–Trinajstić information content (AvgIpc) is 2.92. The van der Waals surface area contributed by atoms with E-state index in [0.29, 0.717) is 11.8 Å². The van der Waals surface area contributed by atoms with E-state index in [1.807, 2.05) is 30.6 Å². The first-order valence-electron chi connectivity index (χ1n) is 7.42. The van der Waals surface area contributed by atoms with Crippen LogP contribution in [0.25, 0.3) is 0 Å². The summed E-state index contributed by atoms with van der Waals surface area (Å²) in [4.78, 5) is 10.7. The quantitative estimate of drug-likeness (QED) is 0.922. The van der Waals surface area contributed by atoms with Crippen LogP contribution >= 0.6 is 11.3 Å². The summed E-state index contributed by atoms with van der Waals surface area (Å²) in [7, 11) is 3.66. The molecular formula is C16H21N3OS. The molecule has 0 aromatic carbocycles. The van der Waals surface area contributed by atoms with Gasteiger partial charge in [-0.05, 0) is 31.9 Å². The molecule has 2 aromatic heterocycles. The lowest BCUT2D eigenvalue weighted by Gasteiger charge is -2.20. The summed E-state index contributed by atoms with van der Waals surface area (Å²) in [6.07, 6.45) is 6.46. The molecule has 0 saturated carbocycles. The van der Waals surface area contributed by atoms with Gasteiger partial charge in [-0.15, -0.1) is 11.3 Å². The number of pyridine rings is 1. The van der Waals surface area contributed by atoms with Crippen LogP contribution < -0.4 is 10.1 Å². The number of rotatable bonds is 5. The predicted molar refractivity (Wildman–Crippen MR) is 85.3 cm³/mol. The molecule has 0 saturated heterocycles. The fourth-order valence-corrected chi connectivity index (χ4v) is 4.12. The molecule has 0 bridgehead atoms. The number of nitrogens with zero attached hydrogens (tertiary/aromatic N) is 2. The van der Waals surface area contributed by atoms with E-state index in [0.717, 1.165) is 13.0 Å². The Balaban J connectivity index is 1.77. The molecule has 1 unspecified atom stereocenters. The lowest BCUT2D eigenvalue weighted by atomic mass is 9.91. The van der Waals surface area contributed by atoms with E-state index in [-0.39, 0.29) is 0 Å². The Morgan fingerprint density at radius 2 is 2.33 bits per heavy atom. The third-order valence-corrected chi connectivity index (χ3v) is 5.06. The highest BCUT2D eigenvalue weighted by Crippen LogP contribution is 2.35. The van der Waals surface area contributed by atoms with Crippen molar-refractivity contribution in [1.82, 2.24) is 15.3 Å². The number of aromatic nitrogens is 2. The van der Waals surface area contributed by atoms with Crippen LogP contribution in [0.2, 0.25) is 0 Å². The molecule has 2 aromatic rings. The van der Waals surface area contributed by atoms with E-state index >= 15 is 0 Å². The van der Waals surface area contributed by atoms with Gasteiger partial charge in [0.1, 0.15) is 0 Å². The topological polar surface area (TPSA) is 47.0 Å². The van der Waals surface area contributed by atoms with E-state index in [1.165, 1.54) is 40.4 Å². The van der Waals surface area contributed by atoms with Gasteiger partial charge in [-0.2, -0.15) is 0 Å². The summed E-state index contributed by atoms with van der Waals surface area (Å²) in [6.45, 7) is 1.03. The molecule has 21 heavy (non-hydrogen) atoms. The predicted octanol–water partition coefficient (Wildman–Crippen LogP) is 2.78. The molecule has 1 atom stereocenters. The van der Waals surface area contributed by atoms with Crippen molar-refractivity contribution in [2.24, 2.45) is 0 Å². The number of hydrogen-bond donors (Lipinski definition) is 1. The van der Waals surface area contributed by atoms with Gasteiger partial charge in [-0.1, -0.05) is 6.07 Å². The number of thiazole rings is 1. The smallest absolute Gasteiger partial charge is 0.212 e. The zero-order chi connectivity index (χ0) is 14.7. The maximum absolute atomic E-state index is 5.10. The molecule has 0 spiro atoms.